The summed E-state index contributed by atoms with van der Waals surface area (Å²) < 4.78 is 0. The van der Waals surface area contributed by atoms with Crippen LogP contribution in [0.4, 0.5) is 0 Å². The van der Waals surface area contributed by atoms with Gasteiger partial charge in [-0.1, -0.05) is 12.5 Å². The Labute approximate surface area is 152 Å². The predicted octanol–water partition coefficient (Wildman–Crippen LogP) is 3.22. The van der Waals surface area contributed by atoms with Gasteiger partial charge in [0.15, 0.2) is 5.78 Å². The number of benzene rings is 2. The molecule has 3 rings (SSSR count). The molecule has 0 saturated carbocycles. The Bertz CT molecular complexity index is 632. The molecule has 1 aliphatic carbocycles. The Kier molecular flexibility index (Phi) is 6.05. The van der Waals surface area contributed by atoms with E-state index in [-0.39, 0.29) is 59.6 Å². The summed E-state index contributed by atoms with van der Waals surface area (Å²) in [5, 5.41) is 0. The van der Waals surface area contributed by atoms with E-state index in [1.54, 1.807) is 6.08 Å². The van der Waals surface area contributed by atoms with E-state index >= 15 is 0 Å². The summed E-state index contributed by atoms with van der Waals surface area (Å²) in [7, 11) is 0. The van der Waals surface area contributed by atoms with Crippen molar-refractivity contribution in [1.29, 1.82) is 0 Å². The van der Waals surface area contributed by atoms with Crippen LogP contribution >= 0.6 is 0 Å². The summed E-state index contributed by atoms with van der Waals surface area (Å²) in [6.07, 6.45) is 1.70. The molecule has 0 fully saturated rings. The van der Waals surface area contributed by atoms with E-state index in [4.69, 9.17) is 0 Å². The molecule has 2 aromatic carbocycles. The molecule has 0 saturated heterocycles. The van der Waals surface area contributed by atoms with Gasteiger partial charge in [-0.05, 0) is 6.08 Å². The van der Waals surface area contributed by atoms with E-state index < -0.39 is 0 Å². The van der Waals surface area contributed by atoms with Crippen molar-refractivity contribution in [3.8, 4) is 0 Å². The van der Waals surface area contributed by atoms with E-state index in [1.165, 1.54) is 0 Å². The van der Waals surface area contributed by atoms with Crippen molar-refractivity contribution in [2.24, 2.45) is 0 Å². The third kappa shape index (κ3) is 3.05. The molecule has 0 amide bonds. The molecular formula is C16H10OWY-2. The summed E-state index contributed by atoms with van der Waals surface area (Å²) in [4.78, 5) is 12.0. The number of carbonyl (C=O) groups is 1. The number of fused-ring (bicyclic) bond motifs is 1. The van der Waals surface area contributed by atoms with Crippen LogP contribution in [-0.2, 0) is 53.8 Å². The van der Waals surface area contributed by atoms with Gasteiger partial charge >= 0.3 is 0 Å². The van der Waals surface area contributed by atoms with Gasteiger partial charge in [0, 0.05) is 53.8 Å². The molecule has 1 aliphatic rings. The van der Waals surface area contributed by atoms with E-state index in [2.05, 4.69) is 12.1 Å². The smallest absolute Gasteiger partial charge is 0.161 e. The molecule has 1 nitrogen and oxygen atoms in total. The summed E-state index contributed by atoms with van der Waals surface area (Å²) in [5.41, 5.74) is 4.77. The van der Waals surface area contributed by atoms with Crippen LogP contribution < -0.4 is 0 Å². The molecule has 19 heavy (non-hydrogen) atoms. The van der Waals surface area contributed by atoms with Crippen molar-refractivity contribution in [2.75, 3.05) is 0 Å². The molecular weight excluding hydrogens is 481 g/mol. The van der Waals surface area contributed by atoms with Gasteiger partial charge in [0.05, 0.1) is 0 Å². The zero-order valence-electron chi connectivity index (χ0n) is 10.4. The van der Waals surface area contributed by atoms with Crippen LogP contribution in [0.25, 0.3) is 5.57 Å². The second kappa shape index (κ2) is 6.88. The maximum Gasteiger partial charge on any atom is 0.161 e. The second-order valence-corrected chi connectivity index (χ2v) is 4.14. The zero-order valence-corrected chi connectivity index (χ0v) is 16.2. The first kappa shape index (κ1) is 16.7. The Morgan fingerprint density at radius 1 is 1.11 bits per heavy atom. The first-order valence-electron chi connectivity index (χ1n) is 5.51. The molecule has 0 bridgehead atoms. The van der Waals surface area contributed by atoms with E-state index in [9.17, 15) is 4.79 Å². The van der Waals surface area contributed by atoms with Crippen LogP contribution in [-0.4, -0.2) is 5.78 Å². The molecule has 0 atom stereocenters. The molecule has 0 N–H and O–H groups in total. The van der Waals surface area contributed by atoms with Crippen molar-refractivity contribution in [2.45, 2.75) is 6.92 Å². The number of hydrogen-bond acceptors (Lipinski definition) is 1. The molecule has 1 radical (unpaired) electrons. The molecule has 3 heteroatoms. The van der Waals surface area contributed by atoms with Crippen molar-refractivity contribution in [1.82, 2.24) is 0 Å². The Balaban J connectivity index is 0.000000902. The zero-order chi connectivity index (χ0) is 11.8. The fraction of sp³-hybridized carbons (Fsp3) is 0.0625. The van der Waals surface area contributed by atoms with Gasteiger partial charge in [-0.2, -0.15) is 48.5 Å². The number of allylic oxidation sites excluding steroid dienone is 1. The van der Waals surface area contributed by atoms with Gasteiger partial charge in [0.25, 0.3) is 0 Å². The predicted molar refractivity (Wildman–Crippen MR) is 66.7 cm³/mol. The van der Waals surface area contributed by atoms with Gasteiger partial charge in [0.2, 0.25) is 0 Å². The van der Waals surface area contributed by atoms with E-state index in [1.807, 2.05) is 43.3 Å². The van der Waals surface area contributed by atoms with Gasteiger partial charge in [0.1, 0.15) is 0 Å². The first-order chi connectivity index (χ1) is 8.27. The van der Waals surface area contributed by atoms with Crippen molar-refractivity contribution in [3.63, 3.8) is 0 Å². The average molecular weight is 491 g/mol. The van der Waals surface area contributed by atoms with Gasteiger partial charge in [-0.3, -0.25) is 4.79 Å². The van der Waals surface area contributed by atoms with Gasteiger partial charge < -0.3 is 0 Å². The third-order valence-electron chi connectivity index (χ3n) is 3.02. The summed E-state index contributed by atoms with van der Waals surface area (Å²) >= 11 is 0. The molecule has 0 heterocycles. The quantitative estimate of drug-likeness (QED) is 0.561. The molecule has 0 aliphatic heterocycles. The minimum absolute atomic E-state index is 0. The minimum atomic E-state index is 0. The Morgan fingerprint density at radius 3 is 2.58 bits per heavy atom. The number of aryl methyl sites for hydroxylation is 1. The van der Waals surface area contributed by atoms with Crippen LogP contribution in [0.1, 0.15) is 27.0 Å². The first-order valence-corrected chi connectivity index (χ1v) is 5.51. The van der Waals surface area contributed by atoms with E-state index in [0.29, 0.717) is 0 Å². The van der Waals surface area contributed by atoms with Crippen molar-refractivity contribution >= 4 is 11.4 Å². The monoisotopic (exact) mass is 491 g/mol. The van der Waals surface area contributed by atoms with Crippen LogP contribution in [0, 0.1) is 19.1 Å². The maximum atomic E-state index is 12.0. The standard InChI is InChI=1S/C16H10O.W.Y/c1-11-6-5-9-13-14(10-15(17)16(11)13)12-7-3-2-4-8-12;;/h2-3,6-10H,1H3;;/q-2;;. The number of rotatable bonds is 1. The Hall–Kier alpha value is -0.358. The van der Waals surface area contributed by atoms with Crippen LogP contribution in [0.3, 0.4) is 0 Å². The summed E-state index contributed by atoms with van der Waals surface area (Å²) in [6, 6.07) is 17.5. The third-order valence-corrected chi connectivity index (χ3v) is 3.02. The molecule has 91 valence electrons. The molecule has 0 spiro atoms. The molecule has 0 unspecified atom stereocenters. The van der Waals surface area contributed by atoms with Crippen molar-refractivity contribution in [3.05, 3.63) is 76.9 Å². The maximum absolute atomic E-state index is 12.0. The fourth-order valence-electron chi connectivity index (χ4n) is 2.23. The van der Waals surface area contributed by atoms with Crippen LogP contribution in [0.5, 0.6) is 0 Å². The summed E-state index contributed by atoms with van der Waals surface area (Å²) in [5.74, 6) is 0.0883. The van der Waals surface area contributed by atoms with Gasteiger partial charge in [-0.15, -0.1) is 22.3 Å². The number of carbonyl (C=O) groups excluding carboxylic acids is 1. The molecule has 2 aromatic rings. The number of ketones is 1. The van der Waals surface area contributed by atoms with Crippen LogP contribution in [0.2, 0.25) is 0 Å². The fourth-order valence-corrected chi connectivity index (χ4v) is 2.23. The molecule has 0 aromatic heterocycles. The Morgan fingerprint density at radius 2 is 1.89 bits per heavy atom. The normalized spacial score (nSPS) is 12.1. The van der Waals surface area contributed by atoms with Gasteiger partial charge in [-0.25, -0.2) is 0 Å². The number of hydrogen-bond donors (Lipinski definition) is 0. The minimum Gasteiger partial charge on any atom is -0.292 e. The van der Waals surface area contributed by atoms with Crippen LogP contribution in [0.15, 0.2) is 42.5 Å². The van der Waals surface area contributed by atoms with Crippen molar-refractivity contribution < 1.29 is 58.6 Å². The summed E-state index contributed by atoms with van der Waals surface area (Å²) in [6.45, 7) is 1.95. The topological polar surface area (TPSA) is 17.1 Å². The largest absolute Gasteiger partial charge is 0.292 e. The second-order valence-electron chi connectivity index (χ2n) is 4.14. The SMILES string of the molecule is Cc1c[c-]cc2c1C(=O)C=C2c1c[c-]ccc1.[W].[Y]. The van der Waals surface area contributed by atoms with E-state index in [0.717, 1.165) is 27.8 Å². The average Bonchev–Trinajstić information content (AvgIpc) is 2.69.